The minimum atomic E-state index is -0.223. The highest BCUT2D eigenvalue weighted by Gasteiger charge is 2.26. The molecule has 31 heavy (non-hydrogen) atoms. The monoisotopic (exact) mass is 443 g/mol. The van der Waals surface area contributed by atoms with Gasteiger partial charge in [0, 0.05) is 24.8 Å². The van der Waals surface area contributed by atoms with Crippen LogP contribution in [-0.4, -0.2) is 55.1 Å². The largest absolute Gasteiger partial charge is 0.493 e. The number of methoxy groups -OCH3 is 2. The van der Waals surface area contributed by atoms with Crippen molar-refractivity contribution < 1.29 is 23.8 Å². The lowest BCUT2D eigenvalue weighted by atomic mass is 10.1. The van der Waals surface area contributed by atoms with Crippen LogP contribution in [0.4, 0.5) is 0 Å². The summed E-state index contributed by atoms with van der Waals surface area (Å²) in [4.78, 5) is 25.8. The highest BCUT2D eigenvalue weighted by Crippen LogP contribution is 2.30. The van der Waals surface area contributed by atoms with E-state index >= 15 is 0 Å². The van der Waals surface area contributed by atoms with Crippen molar-refractivity contribution in [3.05, 3.63) is 59.7 Å². The second-order valence-corrected chi connectivity index (χ2v) is 8.69. The predicted octanol–water partition coefficient (Wildman–Crippen LogP) is 3.71. The molecule has 0 saturated carbocycles. The molecule has 0 N–H and O–H groups in total. The zero-order chi connectivity index (χ0) is 22.1. The lowest BCUT2D eigenvalue weighted by Crippen LogP contribution is -2.29. The maximum atomic E-state index is 12.6. The van der Waals surface area contributed by atoms with Gasteiger partial charge >= 0.3 is 5.97 Å². The van der Waals surface area contributed by atoms with Crippen LogP contribution in [0.25, 0.3) is 0 Å². The van der Waals surface area contributed by atoms with Gasteiger partial charge in [0.15, 0.2) is 11.5 Å². The summed E-state index contributed by atoms with van der Waals surface area (Å²) in [6.07, 6.45) is 1.99. The van der Waals surface area contributed by atoms with Gasteiger partial charge in [-0.2, -0.15) is 0 Å². The first-order chi connectivity index (χ1) is 15.1. The zero-order valence-corrected chi connectivity index (χ0v) is 18.9. The molecular weight excluding hydrogens is 414 g/mol. The zero-order valence-electron chi connectivity index (χ0n) is 18.0. The number of ether oxygens (including phenoxy) is 3. The highest BCUT2D eigenvalue weighted by molar-refractivity contribution is 8.00. The summed E-state index contributed by atoms with van der Waals surface area (Å²) in [5.74, 6) is 1.61. The Morgan fingerprint density at radius 1 is 1.06 bits per heavy atom. The quantitative estimate of drug-likeness (QED) is 0.522. The third-order valence-electron chi connectivity index (χ3n) is 5.26. The van der Waals surface area contributed by atoms with Gasteiger partial charge in [-0.3, -0.25) is 9.59 Å². The molecule has 1 unspecified atom stereocenters. The number of amides is 1. The number of likely N-dealkylation sites (tertiary alicyclic amines) is 1. The van der Waals surface area contributed by atoms with Gasteiger partial charge in [-0.25, -0.2) is 0 Å². The molecule has 1 saturated heterocycles. The molecule has 0 aromatic heterocycles. The van der Waals surface area contributed by atoms with E-state index < -0.39 is 0 Å². The first-order valence-corrected chi connectivity index (χ1v) is 11.4. The number of hydrogen-bond acceptors (Lipinski definition) is 6. The van der Waals surface area contributed by atoms with E-state index in [2.05, 4.69) is 4.74 Å². The third-order valence-corrected chi connectivity index (χ3v) is 6.51. The molecular formula is C24H29NO5S. The maximum Gasteiger partial charge on any atom is 0.315 e. The molecule has 0 aliphatic carbocycles. The van der Waals surface area contributed by atoms with Crippen LogP contribution in [0, 0.1) is 0 Å². The second-order valence-electron chi connectivity index (χ2n) is 7.40. The molecule has 2 aromatic rings. The SMILES string of the molecule is COC(=O)CSC1CCN(C(=O)CCc2ccc(OC)c(OCc3ccccc3)c2)C1. The van der Waals surface area contributed by atoms with Crippen LogP contribution < -0.4 is 9.47 Å². The van der Waals surface area contributed by atoms with Crippen LogP contribution in [0.3, 0.4) is 0 Å². The van der Waals surface area contributed by atoms with E-state index in [9.17, 15) is 9.59 Å². The molecule has 3 rings (SSSR count). The standard InChI is InChI=1S/C24H29NO5S/c1-28-21-10-8-18(14-22(21)30-16-19-6-4-3-5-7-19)9-11-23(26)25-13-12-20(15-25)31-17-24(27)29-2/h3-8,10,14,20H,9,11-13,15-17H2,1-2H3. The van der Waals surface area contributed by atoms with Crippen molar-refractivity contribution in [2.24, 2.45) is 0 Å². The third kappa shape index (κ3) is 6.92. The lowest BCUT2D eigenvalue weighted by molar-refractivity contribution is -0.137. The van der Waals surface area contributed by atoms with E-state index in [-0.39, 0.29) is 11.9 Å². The molecule has 1 aliphatic heterocycles. The lowest BCUT2D eigenvalue weighted by Gasteiger charge is -2.17. The Labute approximate surface area is 187 Å². The Morgan fingerprint density at radius 3 is 2.61 bits per heavy atom. The normalized spacial score (nSPS) is 15.5. The first-order valence-electron chi connectivity index (χ1n) is 10.4. The van der Waals surface area contributed by atoms with Gasteiger partial charge in [0.2, 0.25) is 5.91 Å². The molecule has 7 heteroatoms. The van der Waals surface area contributed by atoms with Crippen molar-refractivity contribution in [1.29, 1.82) is 0 Å². The molecule has 0 radical (unpaired) electrons. The van der Waals surface area contributed by atoms with Gasteiger partial charge in [-0.15, -0.1) is 11.8 Å². The van der Waals surface area contributed by atoms with Crippen LogP contribution in [0.5, 0.6) is 11.5 Å². The maximum absolute atomic E-state index is 12.6. The number of hydrogen-bond donors (Lipinski definition) is 0. The summed E-state index contributed by atoms with van der Waals surface area (Å²) >= 11 is 1.56. The molecule has 1 aliphatic rings. The molecule has 6 nitrogen and oxygen atoms in total. The van der Waals surface area contributed by atoms with Crippen molar-refractivity contribution in [2.45, 2.75) is 31.1 Å². The minimum absolute atomic E-state index is 0.142. The smallest absolute Gasteiger partial charge is 0.315 e. The molecule has 166 valence electrons. The summed E-state index contributed by atoms with van der Waals surface area (Å²) in [5, 5.41) is 0.294. The highest BCUT2D eigenvalue weighted by atomic mass is 32.2. The Hall–Kier alpha value is -2.67. The van der Waals surface area contributed by atoms with E-state index in [4.69, 9.17) is 9.47 Å². The van der Waals surface area contributed by atoms with E-state index in [1.54, 1.807) is 18.9 Å². The fourth-order valence-corrected chi connectivity index (χ4v) is 4.52. The molecule has 1 atom stereocenters. The average molecular weight is 444 g/mol. The summed E-state index contributed by atoms with van der Waals surface area (Å²) in [6.45, 7) is 1.89. The molecule has 1 fully saturated rings. The fourth-order valence-electron chi connectivity index (χ4n) is 3.47. The van der Waals surface area contributed by atoms with Gasteiger partial charge in [-0.1, -0.05) is 36.4 Å². The minimum Gasteiger partial charge on any atom is -0.493 e. The number of nitrogens with zero attached hydrogens (tertiary/aromatic N) is 1. The summed E-state index contributed by atoms with van der Waals surface area (Å²) in [6, 6.07) is 15.8. The second kappa shape index (κ2) is 11.6. The number of esters is 1. The van der Waals surface area contributed by atoms with Gasteiger partial charge < -0.3 is 19.1 Å². The molecule has 0 spiro atoms. The van der Waals surface area contributed by atoms with Gasteiger partial charge in [0.1, 0.15) is 6.61 Å². The Bertz CT molecular complexity index is 874. The van der Waals surface area contributed by atoms with Gasteiger partial charge in [-0.05, 0) is 36.1 Å². The van der Waals surface area contributed by atoms with E-state index in [0.717, 1.165) is 24.1 Å². The average Bonchev–Trinajstić information content (AvgIpc) is 3.29. The summed E-state index contributed by atoms with van der Waals surface area (Å²) in [5.41, 5.74) is 2.12. The number of carbonyl (C=O) groups is 2. The van der Waals surface area contributed by atoms with Crippen molar-refractivity contribution in [2.75, 3.05) is 33.1 Å². The summed E-state index contributed by atoms with van der Waals surface area (Å²) in [7, 11) is 3.01. The van der Waals surface area contributed by atoms with Crippen LogP contribution in [-0.2, 0) is 27.4 Å². The first kappa shape index (κ1) is 23.0. The topological polar surface area (TPSA) is 65.1 Å². The molecule has 2 aromatic carbocycles. The fraction of sp³-hybridized carbons (Fsp3) is 0.417. The van der Waals surface area contributed by atoms with E-state index in [0.29, 0.717) is 48.5 Å². The van der Waals surface area contributed by atoms with Crippen LogP contribution in [0.2, 0.25) is 0 Å². The number of benzene rings is 2. The molecule has 1 heterocycles. The number of thioether (sulfide) groups is 1. The van der Waals surface area contributed by atoms with Gasteiger partial charge in [0.05, 0.1) is 20.0 Å². The van der Waals surface area contributed by atoms with Crippen molar-refractivity contribution in [3.8, 4) is 11.5 Å². The van der Waals surface area contributed by atoms with Gasteiger partial charge in [0.25, 0.3) is 0 Å². The summed E-state index contributed by atoms with van der Waals surface area (Å²) < 4.78 is 16.1. The molecule has 1 amide bonds. The Morgan fingerprint density at radius 2 is 1.87 bits per heavy atom. The number of carbonyl (C=O) groups excluding carboxylic acids is 2. The predicted molar refractivity (Wildman–Crippen MR) is 122 cm³/mol. The van der Waals surface area contributed by atoms with Crippen LogP contribution in [0.15, 0.2) is 48.5 Å². The van der Waals surface area contributed by atoms with Crippen molar-refractivity contribution >= 4 is 23.6 Å². The van der Waals surface area contributed by atoms with E-state index in [1.165, 1.54) is 7.11 Å². The van der Waals surface area contributed by atoms with Crippen LogP contribution >= 0.6 is 11.8 Å². The van der Waals surface area contributed by atoms with Crippen molar-refractivity contribution in [3.63, 3.8) is 0 Å². The Kier molecular flexibility index (Phi) is 8.64. The number of aryl methyl sites for hydroxylation is 1. The Balaban J connectivity index is 1.50. The number of rotatable bonds is 10. The van der Waals surface area contributed by atoms with Crippen molar-refractivity contribution in [1.82, 2.24) is 4.90 Å². The van der Waals surface area contributed by atoms with E-state index in [1.807, 2.05) is 53.4 Å². The molecule has 0 bridgehead atoms. The van der Waals surface area contributed by atoms with Crippen LogP contribution in [0.1, 0.15) is 24.0 Å².